The summed E-state index contributed by atoms with van der Waals surface area (Å²) in [6, 6.07) is 12.9. The van der Waals surface area contributed by atoms with E-state index in [1.54, 1.807) is 4.68 Å². The van der Waals surface area contributed by atoms with E-state index in [1.807, 2.05) is 63.2 Å². The molecule has 4 rings (SSSR count). The second-order valence-corrected chi connectivity index (χ2v) is 8.53. The topological polar surface area (TPSA) is 103 Å². The number of anilines is 2. The van der Waals surface area contributed by atoms with E-state index < -0.39 is 6.04 Å². The zero-order valence-electron chi connectivity index (χ0n) is 20.7. The van der Waals surface area contributed by atoms with Gasteiger partial charge in [0.25, 0.3) is 5.91 Å². The van der Waals surface area contributed by atoms with Gasteiger partial charge in [-0.2, -0.15) is 4.68 Å². The van der Waals surface area contributed by atoms with E-state index >= 15 is 0 Å². The lowest BCUT2D eigenvalue weighted by Crippen LogP contribution is -2.31. The molecule has 0 radical (unpaired) electrons. The Morgan fingerprint density at radius 1 is 1.09 bits per heavy atom. The van der Waals surface area contributed by atoms with E-state index in [0.717, 1.165) is 36.1 Å². The molecule has 0 aliphatic carbocycles. The van der Waals surface area contributed by atoms with Crippen LogP contribution in [0.25, 0.3) is 0 Å². The molecule has 1 atom stereocenters. The van der Waals surface area contributed by atoms with E-state index in [-0.39, 0.29) is 5.91 Å². The Kier molecular flexibility index (Phi) is 7.64. The van der Waals surface area contributed by atoms with Gasteiger partial charge in [-0.05, 0) is 73.0 Å². The standard InChI is InChI=1S/C26H32N6O3/c1-5-7-8-14-35-21-13-12-19(16-22(21)34-6-2)24-23(18(4)27-26-29-30-31-32(24)26)25(33)28-20-11-9-10-17(3)15-20/h9-13,15-16,24H,5-8,14H2,1-4H3,(H,28,33)(H,27,29,31). The van der Waals surface area contributed by atoms with Crippen molar-refractivity contribution in [3.05, 3.63) is 64.9 Å². The lowest BCUT2D eigenvalue weighted by Gasteiger charge is -2.28. The molecule has 1 unspecified atom stereocenters. The SMILES string of the molecule is CCCCCOc1ccc(C2C(C(=O)Nc3cccc(C)c3)=C(C)Nc3nnnn32)cc1OCC. The summed E-state index contributed by atoms with van der Waals surface area (Å²) >= 11 is 0. The Balaban J connectivity index is 1.69. The third-order valence-electron chi connectivity index (χ3n) is 5.82. The number of hydrogen-bond acceptors (Lipinski definition) is 7. The van der Waals surface area contributed by atoms with Crippen molar-refractivity contribution in [2.75, 3.05) is 23.8 Å². The van der Waals surface area contributed by atoms with Crippen LogP contribution in [0.4, 0.5) is 11.6 Å². The highest BCUT2D eigenvalue weighted by Crippen LogP contribution is 2.38. The number of aromatic nitrogens is 4. The first-order valence-electron chi connectivity index (χ1n) is 12.0. The first kappa shape index (κ1) is 24.3. The van der Waals surface area contributed by atoms with Gasteiger partial charge in [-0.3, -0.25) is 4.79 Å². The number of amides is 1. The zero-order valence-corrected chi connectivity index (χ0v) is 20.7. The van der Waals surface area contributed by atoms with Crippen molar-refractivity contribution in [2.24, 2.45) is 0 Å². The van der Waals surface area contributed by atoms with Crippen LogP contribution in [0.1, 0.15) is 57.2 Å². The first-order valence-corrected chi connectivity index (χ1v) is 12.0. The highest BCUT2D eigenvalue weighted by atomic mass is 16.5. The number of rotatable bonds is 10. The summed E-state index contributed by atoms with van der Waals surface area (Å²) in [7, 11) is 0. The molecule has 0 fully saturated rings. The third kappa shape index (κ3) is 5.45. The molecule has 0 saturated heterocycles. The number of carbonyl (C=O) groups is 1. The molecule has 1 aliphatic rings. The van der Waals surface area contributed by atoms with Gasteiger partial charge >= 0.3 is 0 Å². The van der Waals surface area contributed by atoms with Gasteiger partial charge in [0, 0.05) is 11.4 Å². The maximum absolute atomic E-state index is 13.5. The van der Waals surface area contributed by atoms with Crippen molar-refractivity contribution >= 4 is 17.5 Å². The minimum Gasteiger partial charge on any atom is -0.490 e. The van der Waals surface area contributed by atoms with Gasteiger partial charge in [0.1, 0.15) is 6.04 Å². The summed E-state index contributed by atoms with van der Waals surface area (Å²) in [6.45, 7) is 9.05. The van der Waals surface area contributed by atoms with Crippen molar-refractivity contribution in [2.45, 2.75) is 53.0 Å². The van der Waals surface area contributed by atoms with Crippen LogP contribution in [0.2, 0.25) is 0 Å². The predicted octanol–water partition coefficient (Wildman–Crippen LogP) is 4.88. The fraction of sp³-hybridized carbons (Fsp3) is 0.385. The molecule has 1 amide bonds. The van der Waals surface area contributed by atoms with Crippen molar-refractivity contribution in [1.29, 1.82) is 0 Å². The second kappa shape index (κ2) is 11.0. The molecule has 184 valence electrons. The van der Waals surface area contributed by atoms with Gasteiger partial charge < -0.3 is 20.1 Å². The molecule has 0 spiro atoms. The average Bonchev–Trinajstić information content (AvgIpc) is 3.30. The Bertz CT molecular complexity index is 1220. The number of carbonyl (C=O) groups excluding carboxylic acids is 1. The molecule has 0 bridgehead atoms. The van der Waals surface area contributed by atoms with Crippen molar-refractivity contribution in [1.82, 2.24) is 20.2 Å². The second-order valence-electron chi connectivity index (χ2n) is 8.53. The van der Waals surface area contributed by atoms with Crippen molar-refractivity contribution < 1.29 is 14.3 Å². The lowest BCUT2D eigenvalue weighted by molar-refractivity contribution is -0.113. The number of unbranched alkanes of at least 4 members (excludes halogenated alkanes) is 2. The summed E-state index contributed by atoms with van der Waals surface area (Å²) in [5, 5.41) is 18.2. The van der Waals surface area contributed by atoms with E-state index in [0.29, 0.717) is 41.9 Å². The fourth-order valence-electron chi connectivity index (χ4n) is 4.15. The minimum atomic E-state index is -0.542. The molecule has 0 saturated carbocycles. The Morgan fingerprint density at radius 2 is 1.94 bits per heavy atom. The Hall–Kier alpha value is -3.88. The maximum Gasteiger partial charge on any atom is 0.255 e. The number of ether oxygens (including phenoxy) is 2. The number of nitrogens with zero attached hydrogens (tertiary/aromatic N) is 4. The molecule has 2 heterocycles. The minimum absolute atomic E-state index is 0.232. The van der Waals surface area contributed by atoms with Crippen LogP contribution in [0.3, 0.4) is 0 Å². The summed E-state index contributed by atoms with van der Waals surface area (Å²) in [5.74, 6) is 1.55. The number of aryl methyl sites for hydroxylation is 1. The molecule has 3 aromatic rings. The highest BCUT2D eigenvalue weighted by molar-refractivity contribution is 6.06. The maximum atomic E-state index is 13.5. The molecule has 9 nitrogen and oxygen atoms in total. The molecule has 2 aromatic carbocycles. The average molecular weight is 477 g/mol. The van der Waals surface area contributed by atoms with Crippen LogP contribution in [-0.4, -0.2) is 39.3 Å². The Morgan fingerprint density at radius 3 is 2.71 bits per heavy atom. The van der Waals surface area contributed by atoms with Crippen LogP contribution in [0.5, 0.6) is 11.5 Å². The third-order valence-corrected chi connectivity index (χ3v) is 5.82. The molecule has 9 heteroatoms. The molecule has 35 heavy (non-hydrogen) atoms. The summed E-state index contributed by atoms with van der Waals surface area (Å²) < 4.78 is 13.5. The van der Waals surface area contributed by atoms with Crippen molar-refractivity contribution in [3.8, 4) is 11.5 Å². The monoisotopic (exact) mass is 476 g/mol. The molecule has 1 aromatic heterocycles. The van der Waals surface area contributed by atoms with Crippen LogP contribution in [-0.2, 0) is 4.79 Å². The Labute approximate surface area is 205 Å². The van der Waals surface area contributed by atoms with Gasteiger partial charge in [0.15, 0.2) is 11.5 Å². The van der Waals surface area contributed by atoms with E-state index in [1.165, 1.54) is 0 Å². The van der Waals surface area contributed by atoms with Crippen molar-refractivity contribution in [3.63, 3.8) is 0 Å². The highest BCUT2D eigenvalue weighted by Gasteiger charge is 2.34. The molecular formula is C26H32N6O3. The number of tetrazole rings is 1. The number of benzene rings is 2. The quantitative estimate of drug-likeness (QED) is 0.402. The first-order chi connectivity index (χ1) is 17.0. The number of fused-ring (bicyclic) bond motifs is 1. The van der Waals surface area contributed by atoms with Gasteiger partial charge in [-0.1, -0.05) is 43.1 Å². The number of nitrogens with one attached hydrogen (secondary N) is 2. The van der Waals surface area contributed by atoms with E-state index in [4.69, 9.17) is 9.47 Å². The normalized spacial score (nSPS) is 14.8. The molecular weight excluding hydrogens is 444 g/mol. The molecule has 1 aliphatic heterocycles. The van der Waals surface area contributed by atoms with E-state index in [2.05, 4.69) is 33.1 Å². The summed E-state index contributed by atoms with van der Waals surface area (Å²) in [4.78, 5) is 13.5. The largest absolute Gasteiger partial charge is 0.490 e. The van der Waals surface area contributed by atoms with Crippen LogP contribution in [0, 0.1) is 6.92 Å². The van der Waals surface area contributed by atoms with Crippen LogP contribution < -0.4 is 20.1 Å². The van der Waals surface area contributed by atoms with Gasteiger partial charge in [0.2, 0.25) is 5.95 Å². The van der Waals surface area contributed by atoms with Crippen LogP contribution >= 0.6 is 0 Å². The number of hydrogen-bond donors (Lipinski definition) is 2. The van der Waals surface area contributed by atoms with Gasteiger partial charge in [-0.25, -0.2) is 0 Å². The predicted molar refractivity (Wildman–Crippen MR) is 135 cm³/mol. The smallest absolute Gasteiger partial charge is 0.255 e. The number of allylic oxidation sites excluding steroid dienone is 1. The van der Waals surface area contributed by atoms with E-state index in [9.17, 15) is 4.79 Å². The van der Waals surface area contributed by atoms with Gasteiger partial charge in [-0.15, -0.1) is 0 Å². The molecule has 2 N–H and O–H groups in total. The van der Waals surface area contributed by atoms with Crippen LogP contribution in [0.15, 0.2) is 53.7 Å². The summed E-state index contributed by atoms with van der Waals surface area (Å²) in [6.07, 6.45) is 3.23. The van der Waals surface area contributed by atoms with Gasteiger partial charge in [0.05, 0.1) is 18.8 Å². The zero-order chi connectivity index (χ0) is 24.8. The fourth-order valence-corrected chi connectivity index (χ4v) is 4.15. The lowest BCUT2D eigenvalue weighted by atomic mass is 9.94. The summed E-state index contributed by atoms with van der Waals surface area (Å²) in [5.41, 5.74) is 3.80.